The Morgan fingerprint density at radius 2 is 1.09 bits per heavy atom. The average Bonchev–Trinajstić information content (AvgIpc) is 2.54. The van der Waals surface area contributed by atoms with E-state index < -0.39 is 0 Å². The van der Waals surface area contributed by atoms with Crippen molar-refractivity contribution in [2.24, 2.45) is 0 Å². The molecule has 0 N–H and O–H groups in total. The van der Waals surface area contributed by atoms with Gasteiger partial charge < -0.3 is 0 Å². The lowest BCUT2D eigenvalue weighted by atomic mass is 10.1. The monoisotopic (exact) mass is 376 g/mol. The first kappa shape index (κ1) is 19.0. The zero-order valence-electron chi connectivity index (χ0n) is 11.4. The summed E-state index contributed by atoms with van der Waals surface area (Å²) < 4.78 is 0. The molecule has 0 aliphatic carbocycles. The lowest BCUT2D eigenvalue weighted by Crippen LogP contribution is -1.98. The van der Waals surface area contributed by atoms with Crippen molar-refractivity contribution in [1.29, 1.82) is 0 Å². The molecule has 2 nitrogen and oxygen atoms in total. The molecule has 22 heavy (non-hydrogen) atoms. The van der Waals surface area contributed by atoms with Gasteiger partial charge in [-0.15, -0.1) is 23.2 Å². The summed E-state index contributed by atoms with van der Waals surface area (Å²) in [4.78, 5) is 22.0. The van der Waals surface area contributed by atoms with Crippen molar-refractivity contribution in [3.8, 4) is 0 Å². The van der Waals surface area contributed by atoms with E-state index in [1.165, 1.54) is 0 Å². The van der Waals surface area contributed by atoms with Gasteiger partial charge in [0.25, 0.3) is 0 Å². The van der Waals surface area contributed by atoms with Gasteiger partial charge in [0.1, 0.15) is 0 Å². The second kappa shape index (κ2) is 9.86. The molecule has 0 heterocycles. The van der Waals surface area contributed by atoms with Crippen molar-refractivity contribution in [3.05, 3.63) is 69.7 Å². The molecule has 0 aromatic heterocycles. The minimum absolute atomic E-state index is 0.000340. The second-order valence-electron chi connectivity index (χ2n) is 4.13. The fraction of sp³-hybridized carbons (Fsp3) is 0.125. The van der Waals surface area contributed by atoms with E-state index in [9.17, 15) is 9.59 Å². The van der Waals surface area contributed by atoms with Gasteiger partial charge in [0, 0.05) is 21.2 Å². The quantitative estimate of drug-likeness (QED) is 0.519. The second-order valence-corrected chi connectivity index (χ2v) is 5.54. The van der Waals surface area contributed by atoms with Crippen LogP contribution in [0.25, 0.3) is 0 Å². The summed E-state index contributed by atoms with van der Waals surface area (Å²) in [5, 5.41) is 1.11. The standard InChI is InChI=1S/2C8H6Cl2O/c2*9-5-8(11)6-2-1-3-7(10)4-6/h2*1-4H,5H2. The average molecular weight is 378 g/mol. The van der Waals surface area contributed by atoms with Crippen molar-refractivity contribution in [2.45, 2.75) is 0 Å². The van der Waals surface area contributed by atoms with Gasteiger partial charge in [0.15, 0.2) is 11.6 Å². The van der Waals surface area contributed by atoms with Gasteiger partial charge in [-0.05, 0) is 24.3 Å². The molecule has 2 aromatic carbocycles. The van der Waals surface area contributed by atoms with Crippen molar-refractivity contribution in [2.75, 3.05) is 11.8 Å². The Labute approximate surface area is 148 Å². The largest absolute Gasteiger partial charge is 0.293 e. The molecule has 0 amide bonds. The van der Waals surface area contributed by atoms with Crippen LogP contribution in [0.1, 0.15) is 20.7 Å². The van der Waals surface area contributed by atoms with Crippen LogP contribution in [-0.4, -0.2) is 23.3 Å². The van der Waals surface area contributed by atoms with E-state index in [4.69, 9.17) is 46.4 Å². The minimum atomic E-state index is -0.103. The summed E-state index contributed by atoms with van der Waals surface area (Å²) in [6, 6.07) is 13.5. The van der Waals surface area contributed by atoms with Gasteiger partial charge in [0.05, 0.1) is 11.8 Å². The molecule has 2 rings (SSSR count). The topological polar surface area (TPSA) is 34.1 Å². The zero-order valence-corrected chi connectivity index (χ0v) is 14.4. The van der Waals surface area contributed by atoms with Crippen LogP contribution in [-0.2, 0) is 0 Å². The molecule has 0 bridgehead atoms. The number of ketones is 2. The summed E-state index contributed by atoms with van der Waals surface area (Å²) in [6.07, 6.45) is 0. The van der Waals surface area contributed by atoms with Gasteiger partial charge in [-0.25, -0.2) is 0 Å². The first-order chi connectivity index (χ1) is 10.5. The van der Waals surface area contributed by atoms with Gasteiger partial charge in [-0.2, -0.15) is 0 Å². The summed E-state index contributed by atoms with van der Waals surface area (Å²) in [7, 11) is 0. The molecule has 0 aliphatic rings. The third-order valence-electron chi connectivity index (χ3n) is 2.54. The normalized spacial score (nSPS) is 9.64. The van der Waals surface area contributed by atoms with E-state index in [0.29, 0.717) is 21.2 Å². The molecule has 0 spiro atoms. The van der Waals surface area contributed by atoms with Crippen LogP contribution in [0, 0.1) is 0 Å². The highest BCUT2D eigenvalue weighted by molar-refractivity contribution is 6.33. The van der Waals surface area contributed by atoms with Crippen molar-refractivity contribution in [1.82, 2.24) is 0 Å². The minimum Gasteiger partial charge on any atom is -0.293 e. The predicted molar refractivity (Wildman–Crippen MR) is 93.0 cm³/mol. The van der Waals surface area contributed by atoms with Crippen LogP contribution in [0.4, 0.5) is 0 Å². The Balaban J connectivity index is 0.000000220. The highest BCUT2D eigenvalue weighted by Crippen LogP contribution is 2.12. The lowest BCUT2D eigenvalue weighted by molar-refractivity contribution is 0.101. The van der Waals surface area contributed by atoms with E-state index >= 15 is 0 Å². The Morgan fingerprint density at radius 1 is 0.727 bits per heavy atom. The lowest BCUT2D eigenvalue weighted by Gasteiger charge is -1.95. The highest BCUT2D eigenvalue weighted by atomic mass is 35.5. The van der Waals surface area contributed by atoms with Crippen LogP contribution in [0.15, 0.2) is 48.5 Å². The number of hydrogen-bond donors (Lipinski definition) is 0. The van der Waals surface area contributed by atoms with Gasteiger partial charge in [-0.1, -0.05) is 47.5 Å². The number of carbonyl (C=O) groups excluding carboxylic acids is 2. The molecule has 0 atom stereocenters. The Kier molecular flexibility index (Phi) is 8.51. The van der Waals surface area contributed by atoms with Gasteiger partial charge in [0.2, 0.25) is 0 Å². The molecule has 0 aliphatic heterocycles. The van der Waals surface area contributed by atoms with E-state index in [2.05, 4.69) is 0 Å². The molecule has 2 aromatic rings. The number of Topliss-reactive ketones (excluding diaryl/α,β-unsaturated/α-hetero) is 2. The maximum absolute atomic E-state index is 11.0. The Morgan fingerprint density at radius 3 is 1.36 bits per heavy atom. The Hall–Kier alpha value is -1.06. The number of rotatable bonds is 4. The predicted octanol–water partition coefficient (Wildman–Crippen LogP) is 5.52. The van der Waals surface area contributed by atoms with Crippen molar-refractivity contribution in [3.63, 3.8) is 0 Å². The Bertz CT molecular complexity index is 599. The first-order valence-corrected chi connectivity index (χ1v) is 8.00. The molecule has 6 heteroatoms. The summed E-state index contributed by atoms with van der Waals surface area (Å²) in [6.45, 7) is 0. The van der Waals surface area contributed by atoms with Crippen LogP contribution in [0.2, 0.25) is 10.0 Å². The third kappa shape index (κ3) is 6.37. The van der Waals surface area contributed by atoms with E-state index in [0.717, 1.165) is 0 Å². The fourth-order valence-electron chi connectivity index (χ4n) is 1.48. The number of hydrogen-bond acceptors (Lipinski definition) is 2. The van der Waals surface area contributed by atoms with Crippen LogP contribution in [0.5, 0.6) is 0 Å². The molecule has 0 fully saturated rings. The smallest absolute Gasteiger partial charge is 0.177 e. The highest BCUT2D eigenvalue weighted by Gasteiger charge is 2.03. The third-order valence-corrected chi connectivity index (χ3v) is 3.49. The van der Waals surface area contributed by atoms with Crippen molar-refractivity contribution >= 4 is 58.0 Å². The SMILES string of the molecule is O=C(CCl)c1cccc(Cl)c1.O=C(CCl)c1cccc(Cl)c1. The fourth-order valence-corrected chi connectivity index (χ4v) is 2.17. The van der Waals surface area contributed by atoms with Crippen LogP contribution in [0.3, 0.4) is 0 Å². The van der Waals surface area contributed by atoms with E-state index in [1.807, 2.05) is 0 Å². The first-order valence-electron chi connectivity index (χ1n) is 6.17. The molecule has 0 saturated heterocycles. The maximum Gasteiger partial charge on any atom is 0.177 e. The summed E-state index contributed by atoms with van der Waals surface area (Å²) in [5.41, 5.74) is 1.13. The van der Waals surface area contributed by atoms with E-state index in [-0.39, 0.29) is 23.3 Å². The molecule has 116 valence electrons. The number of benzene rings is 2. The molecule has 0 radical (unpaired) electrons. The van der Waals surface area contributed by atoms with Gasteiger partial charge >= 0.3 is 0 Å². The summed E-state index contributed by atoms with van der Waals surface area (Å²) >= 11 is 22.0. The maximum atomic E-state index is 11.0. The van der Waals surface area contributed by atoms with E-state index in [1.54, 1.807) is 48.5 Å². The number of halogens is 4. The number of carbonyl (C=O) groups is 2. The van der Waals surface area contributed by atoms with Gasteiger partial charge in [-0.3, -0.25) is 9.59 Å². The zero-order chi connectivity index (χ0) is 16.5. The molecular formula is C16H12Cl4O2. The van der Waals surface area contributed by atoms with Crippen molar-refractivity contribution < 1.29 is 9.59 Å². The molecule has 0 saturated carbocycles. The summed E-state index contributed by atoms with van der Waals surface area (Å²) in [5.74, 6) is -0.205. The van der Waals surface area contributed by atoms with Crippen LogP contribution >= 0.6 is 46.4 Å². The van der Waals surface area contributed by atoms with Crippen LogP contribution < -0.4 is 0 Å². The molecule has 0 unspecified atom stereocenters. The number of alkyl halides is 2. The molecular weight excluding hydrogens is 366 g/mol.